The summed E-state index contributed by atoms with van der Waals surface area (Å²) in [7, 11) is 5.79. The predicted molar refractivity (Wildman–Crippen MR) is 89.4 cm³/mol. The first kappa shape index (κ1) is 18.1. The smallest absolute Gasteiger partial charge is 0.343 e. The summed E-state index contributed by atoms with van der Waals surface area (Å²) in [6, 6.07) is 7.45. The van der Waals surface area contributed by atoms with E-state index in [0.717, 1.165) is 0 Å². The molecule has 0 aliphatic heterocycles. The van der Waals surface area contributed by atoms with Crippen LogP contribution in [-0.2, 0) is 0 Å². The van der Waals surface area contributed by atoms with E-state index < -0.39 is 5.97 Å². The summed E-state index contributed by atoms with van der Waals surface area (Å²) in [5.41, 5.74) is 0.612. The molecule has 0 radical (unpaired) electrons. The quantitative estimate of drug-likeness (QED) is 0.433. The molecule has 0 fully saturated rings. The Morgan fingerprint density at radius 3 is 1.88 bits per heavy atom. The van der Waals surface area contributed by atoms with E-state index in [-0.39, 0.29) is 17.1 Å². The number of carbonyl (C=O) groups excluding carboxylic acids is 2. The lowest BCUT2D eigenvalue weighted by Gasteiger charge is -2.14. The number of rotatable bonds is 7. The van der Waals surface area contributed by atoms with Gasteiger partial charge in [0.05, 0.1) is 34.0 Å². The first-order valence-corrected chi connectivity index (χ1v) is 7.23. The van der Waals surface area contributed by atoms with Crippen LogP contribution in [-0.4, -0.2) is 40.7 Å². The van der Waals surface area contributed by atoms with Gasteiger partial charge >= 0.3 is 5.97 Å². The standard InChI is InChI=1S/C18H18O7/c1-21-14-7-11(10-19)5-6-13(14)25-18(20)12-8-15(22-2)17(24-4)16(9-12)23-3/h5-10H,1-4H3. The van der Waals surface area contributed by atoms with Crippen LogP contribution in [0.25, 0.3) is 0 Å². The summed E-state index contributed by atoms with van der Waals surface area (Å²) in [5.74, 6) is 0.845. The van der Waals surface area contributed by atoms with Gasteiger partial charge in [-0.25, -0.2) is 4.79 Å². The van der Waals surface area contributed by atoms with Crippen molar-refractivity contribution in [2.45, 2.75) is 0 Å². The molecule has 7 heteroatoms. The number of hydrogen-bond donors (Lipinski definition) is 0. The molecule has 2 aromatic carbocycles. The summed E-state index contributed by atoms with van der Waals surface area (Å²) in [6.45, 7) is 0. The van der Waals surface area contributed by atoms with Crippen molar-refractivity contribution in [3.05, 3.63) is 41.5 Å². The molecule has 2 rings (SSSR count). The van der Waals surface area contributed by atoms with Gasteiger partial charge in [0.15, 0.2) is 23.0 Å². The van der Waals surface area contributed by atoms with Gasteiger partial charge in [0.25, 0.3) is 0 Å². The van der Waals surface area contributed by atoms with E-state index in [9.17, 15) is 9.59 Å². The van der Waals surface area contributed by atoms with Crippen LogP contribution in [0, 0.1) is 0 Å². The Bertz CT molecular complexity index is 758. The van der Waals surface area contributed by atoms with Crippen molar-refractivity contribution >= 4 is 12.3 Å². The van der Waals surface area contributed by atoms with Gasteiger partial charge in [-0.15, -0.1) is 0 Å². The zero-order chi connectivity index (χ0) is 18.4. The van der Waals surface area contributed by atoms with Crippen LogP contribution < -0.4 is 23.7 Å². The van der Waals surface area contributed by atoms with Gasteiger partial charge in [-0.3, -0.25) is 4.79 Å². The molecule has 25 heavy (non-hydrogen) atoms. The third kappa shape index (κ3) is 3.82. The van der Waals surface area contributed by atoms with Crippen molar-refractivity contribution in [2.24, 2.45) is 0 Å². The monoisotopic (exact) mass is 346 g/mol. The Morgan fingerprint density at radius 1 is 0.800 bits per heavy atom. The molecule has 0 spiro atoms. The second-order valence-corrected chi connectivity index (χ2v) is 4.83. The van der Waals surface area contributed by atoms with Crippen LogP contribution in [0.3, 0.4) is 0 Å². The molecule has 0 heterocycles. The zero-order valence-corrected chi connectivity index (χ0v) is 14.3. The fourth-order valence-electron chi connectivity index (χ4n) is 2.20. The molecule has 0 bridgehead atoms. The fraction of sp³-hybridized carbons (Fsp3) is 0.222. The number of carbonyl (C=O) groups is 2. The van der Waals surface area contributed by atoms with Crippen molar-refractivity contribution < 1.29 is 33.3 Å². The molecule has 0 N–H and O–H groups in total. The van der Waals surface area contributed by atoms with Gasteiger partial charge in [0.2, 0.25) is 5.75 Å². The average Bonchev–Trinajstić information content (AvgIpc) is 2.66. The van der Waals surface area contributed by atoms with Crippen LogP contribution in [0.4, 0.5) is 0 Å². The molecule has 0 saturated carbocycles. The molecule has 0 amide bonds. The number of methoxy groups -OCH3 is 4. The van der Waals surface area contributed by atoms with Crippen LogP contribution in [0.15, 0.2) is 30.3 Å². The maximum absolute atomic E-state index is 12.5. The highest BCUT2D eigenvalue weighted by Gasteiger charge is 2.19. The highest BCUT2D eigenvalue weighted by molar-refractivity contribution is 5.93. The highest BCUT2D eigenvalue weighted by Crippen LogP contribution is 2.38. The van der Waals surface area contributed by atoms with Gasteiger partial charge in [0, 0.05) is 5.56 Å². The summed E-state index contributed by atoms with van der Waals surface area (Å²) in [4.78, 5) is 23.3. The minimum atomic E-state index is -0.642. The summed E-state index contributed by atoms with van der Waals surface area (Å²) in [5, 5.41) is 0. The molecule has 2 aromatic rings. The molecule has 0 saturated heterocycles. The molecule has 0 unspecified atom stereocenters. The van der Waals surface area contributed by atoms with Crippen molar-refractivity contribution in [1.82, 2.24) is 0 Å². The van der Waals surface area contributed by atoms with Gasteiger partial charge in [-0.05, 0) is 30.3 Å². The normalized spacial score (nSPS) is 9.92. The first-order chi connectivity index (χ1) is 12.1. The number of aldehydes is 1. The molecule has 0 aliphatic rings. The molecule has 0 atom stereocenters. The largest absolute Gasteiger partial charge is 0.493 e. The summed E-state index contributed by atoms with van der Waals surface area (Å²) < 4.78 is 26.2. The Hall–Kier alpha value is -3.22. The second kappa shape index (κ2) is 8.05. The van der Waals surface area contributed by atoms with Gasteiger partial charge in [-0.1, -0.05) is 0 Å². The molecule has 132 valence electrons. The van der Waals surface area contributed by atoms with Crippen LogP contribution in [0.2, 0.25) is 0 Å². The third-order valence-electron chi connectivity index (χ3n) is 3.43. The molecule has 7 nitrogen and oxygen atoms in total. The fourth-order valence-corrected chi connectivity index (χ4v) is 2.20. The summed E-state index contributed by atoms with van der Waals surface area (Å²) >= 11 is 0. The number of ether oxygens (including phenoxy) is 5. The van der Waals surface area contributed by atoms with E-state index in [1.165, 1.54) is 58.8 Å². The topological polar surface area (TPSA) is 80.3 Å². The van der Waals surface area contributed by atoms with Crippen molar-refractivity contribution in [3.8, 4) is 28.7 Å². The van der Waals surface area contributed by atoms with Crippen molar-refractivity contribution in [3.63, 3.8) is 0 Å². The molecule has 0 aliphatic carbocycles. The maximum Gasteiger partial charge on any atom is 0.343 e. The molecular weight excluding hydrogens is 328 g/mol. The minimum Gasteiger partial charge on any atom is -0.493 e. The van der Waals surface area contributed by atoms with Gasteiger partial charge in [0.1, 0.15) is 6.29 Å². The predicted octanol–water partition coefficient (Wildman–Crippen LogP) is 2.75. The lowest BCUT2D eigenvalue weighted by molar-refractivity contribution is 0.0728. The Labute approximate surface area is 145 Å². The number of benzene rings is 2. The third-order valence-corrected chi connectivity index (χ3v) is 3.43. The Balaban J connectivity index is 2.37. The second-order valence-electron chi connectivity index (χ2n) is 4.83. The minimum absolute atomic E-state index is 0.187. The van der Waals surface area contributed by atoms with Crippen LogP contribution in [0.5, 0.6) is 28.7 Å². The average molecular weight is 346 g/mol. The summed E-state index contributed by atoms with van der Waals surface area (Å²) in [6.07, 6.45) is 0.674. The van der Waals surface area contributed by atoms with Gasteiger partial charge < -0.3 is 23.7 Å². The highest BCUT2D eigenvalue weighted by atomic mass is 16.6. The Morgan fingerprint density at radius 2 is 1.40 bits per heavy atom. The Kier molecular flexibility index (Phi) is 5.84. The van der Waals surface area contributed by atoms with E-state index in [4.69, 9.17) is 23.7 Å². The first-order valence-electron chi connectivity index (χ1n) is 7.23. The van der Waals surface area contributed by atoms with E-state index in [1.54, 1.807) is 0 Å². The van der Waals surface area contributed by atoms with E-state index in [1.807, 2.05) is 0 Å². The number of hydrogen-bond acceptors (Lipinski definition) is 7. The SMILES string of the molecule is COc1cc(C=O)ccc1OC(=O)c1cc(OC)c(OC)c(OC)c1. The lowest BCUT2D eigenvalue weighted by atomic mass is 10.1. The van der Waals surface area contributed by atoms with Crippen molar-refractivity contribution in [1.29, 1.82) is 0 Å². The molecular formula is C18H18O7. The van der Waals surface area contributed by atoms with E-state index >= 15 is 0 Å². The van der Waals surface area contributed by atoms with Crippen LogP contribution in [0.1, 0.15) is 20.7 Å². The number of esters is 1. The maximum atomic E-state index is 12.5. The zero-order valence-electron chi connectivity index (χ0n) is 14.3. The molecule has 0 aromatic heterocycles. The van der Waals surface area contributed by atoms with E-state index in [2.05, 4.69) is 0 Å². The lowest BCUT2D eigenvalue weighted by Crippen LogP contribution is -2.10. The van der Waals surface area contributed by atoms with Crippen LogP contribution >= 0.6 is 0 Å². The van der Waals surface area contributed by atoms with Crippen molar-refractivity contribution in [2.75, 3.05) is 28.4 Å². The van der Waals surface area contributed by atoms with E-state index in [0.29, 0.717) is 29.1 Å². The van der Waals surface area contributed by atoms with Gasteiger partial charge in [-0.2, -0.15) is 0 Å².